The topological polar surface area (TPSA) is 55.8 Å². The Bertz CT molecular complexity index is 722. The highest BCUT2D eigenvalue weighted by atomic mass is 28.4. The molecule has 7 atom stereocenters. The Hall–Kier alpha value is -0.233. The van der Waals surface area contributed by atoms with Crippen LogP contribution in [0.5, 0.6) is 0 Å². The van der Waals surface area contributed by atoms with Gasteiger partial charge in [-0.1, -0.05) is 55.4 Å². The standard InChI is InChI=1S/C25H44O4Si/c1-21(2,3)30(22(4,5)6)28-15-24(8)17-14-19(27)25(9)16(10-11-18(25)26)23(17,7)13-12-20(24)29-30/h16-17,19-20,27H,10-15H2,1-9H3/t16-,17-,19+,20+,23-,24-,25-/m1/s1. The first-order chi connectivity index (χ1) is 13.5. The van der Waals surface area contributed by atoms with Crippen LogP contribution in [-0.4, -0.2) is 38.3 Å². The number of ketones is 1. The fourth-order valence-electron chi connectivity index (χ4n) is 8.61. The molecule has 4 fully saturated rings. The molecule has 1 heterocycles. The summed E-state index contributed by atoms with van der Waals surface area (Å²) in [5.74, 6) is 0.850. The number of hydrogen-bond acceptors (Lipinski definition) is 4. The van der Waals surface area contributed by atoms with Crippen LogP contribution < -0.4 is 0 Å². The summed E-state index contributed by atoms with van der Waals surface area (Å²) in [5.41, 5.74) is -0.628. The van der Waals surface area contributed by atoms with Crippen LogP contribution in [0.4, 0.5) is 0 Å². The van der Waals surface area contributed by atoms with Crippen molar-refractivity contribution in [3.63, 3.8) is 0 Å². The molecule has 4 aliphatic rings. The van der Waals surface area contributed by atoms with Gasteiger partial charge in [0.05, 0.1) is 17.6 Å². The van der Waals surface area contributed by atoms with E-state index in [-0.39, 0.29) is 38.7 Å². The highest BCUT2D eigenvalue weighted by Gasteiger charge is 2.71. The number of rotatable bonds is 0. The van der Waals surface area contributed by atoms with Crippen molar-refractivity contribution in [1.29, 1.82) is 0 Å². The van der Waals surface area contributed by atoms with Crippen LogP contribution in [0, 0.1) is 28.1 Å². The lowest BCUT2D eigenvalue weighted by Gasteiger charge is -2.68. The van der Waals surface area contributed by atoms with E-state index >= 15 is 0 Å². The average Bonchev–Trinajstić information content (AvgIpc) is 2.92. The zero-order valence-corrected chi connectivity index (χ0v) is 21.7. The van der Waals surface area contributed by atoms with Crippen LogP contribution in [0.3, 0.4) is 0 Å². The molecular weight excluding hydrogens is 392 g/mol. The molecule has 0 amide bonds. The Morgan fingerprint density at radius 2 is 1.57 bits per heavy atom. The maximum absolute atomic E-state index is 12.8. The third-order valence-corrected chi connectivity index (χ3v) is 15.2. The highest BCUT2D eigenvalue weighted by Crippen LogP contribution is 2.70. The quantitative estimate of drug-likeness (QED) is 0.501. The first-order valence-electron chi connectivity index (χ1n) is 12.1. The van der Waals surface area contributed by atoms with Gasteiger partial charge in [-0.05, 0) is 49.9 Å². The second-order valence-corrected chi connectivity index (χ2v) is 18.4. The minimum Gasteiger partial charge on any atom is -0.393 e. The van der Waals surface area contributed by atoms with Gasteiger partial charge in [-0.15, -0.1) is 0 Å². The molecule has 3 aliphatic carbocycles. The van der Waals surface area contributed by atoms with E-state index in [9.17, 15) is 9.90 Å². The predicted octanol–water partition coefficient (Wildman–Crippen LogP) is 5.62. The van der Waals surface area contributed by atoms with E-state index in [0.717, 1.165) is 19.3 Å². The SMILES string of the molecule is CC(C)(C)[Si]1(C(C)(C)C)OC[C@]2(C)[C@@H]3C[C@H](O)[C@@]4(C)C(=O)CC[C@@H]4[C@@]3(C)CC[C@@H]2O1. The first kappa shape index (κ1) is 22.9. The van der Waals surface area contributed by atoms with Crippen LogP contribution in [0.1, 0.15) is 94.4 Å². The molecule has 0 spiro atoms. The van der Waals surface area contributed by atoms with Gasteiger partial charge in [-0.25, -0.2) is 0 Å². The molecule has 4 nitrogen and oxygen atoms in total. The van der Waals surface area contributed by atoms with Crippen molar-refractivity contribution in [3.05, 3.63) is 0 Å². The largest absolute Gasteiger partial charge is 0.393 e. The maximum Gasteiger partial charge on any atom is 0.349 e. The van der Waals surface area contributed by atoms with Gasteiger partial charge in [0.15, 0.2) is 0 Å². The summed E-state index contributed by atoms with van der Waals surface area (Å²) in [6.45, 7) is 21.2. The lowest BCUT2D eigenvalue weighted by Crippen LogP contribution is -2.71. The number of fused-ring (bicyclic) bond motifs is 5. The van der Waals surface area contributed by atoms with Crippen molar-refractivity contribution >= 4 is 14.3 Å². The molecule has 0 aromatic carbocycles. The summed E-state index contributed by atoms with van der Waals surface area (Å²) in [6.07, 6.45) is 3.96. The Morgan fingerprint density at radius 3 is 2.13 bits per heavy atom. The summed E-state index contributed by atoms with van der Waals surface area (Å²) < 4.78 is 14.1. The molecule has 1 saturated heterocycles. The third-order valence-electron chi connectivity index (χ3n) is 10.1. The minimum absolute atomic E-state index is 0.0180. The van der Waals surface area contributed by atoms with Crippen molar-refractivity contribution < 1.29 is 18.8 Å². The third kappa shape index (κ3) is 2.64. The van der Waals surface area contributed by atoms with Crippen LogP contribution in [-0.2, 0) is 13.6 Å². The molecule has 4 rings (SSSR count). The van der Waals surface area contributed by atoms with Gasteiger partial charge in [0.25, 0.3) is 0 Å². The molecule has 0 aromatic heterocycles. The lowest BCUT2D eigenvalue weighted by molar-refractivity contribution is -0.225. The van der Waals surface area contributed by atoms with Gasteiger partial charge in [-0.3, -0.25) is 4.79 Å². The molecule has 172 valence electrons. The van der Waals surface area contributed by atoms with Crippen LogP contribution in [0.2, 0.25) is 10.1 Å². The van der Waals surface area contributed by atoms with Gasteiger partial charge in [-0.2, -0.15) is 0 Å². The molecule has 3 saturated carbocycles. The molecule has 1 N–H and O–H groups in total. The number of aliphatic hydroxyl groups excluding tert-OH is 1. The lowest BCUT2D eigenvalue weighted by atomic mass is 9.42. The van der Waals surface area contributed by atoms with E-state index in [1.54, 1.807) is 0 Å². The summed E-state index contributed by atoms with van der Waals surface area (Å²) in [7, 11) is -2.51. The minimum atomic E-state index is -2.51. The summed E-state index contributed by atoms with van der Waals surface area (Å²) in [5, 5.41) is 11.2. The van der Waals surface area contributed by atoms with E-state index in [1.165, 1.54) is 0 Å². The van der Waals surface area contributed by atoms with Crippen molar-refractivity contribution in [1.82, 2.24) is 0 Å². The fraction of sp³-hybridized carbons (Fsp3) is 0.960. The Morgan fingerprint density at radius 1 is 0.967 bits per heavy atom. The van der Waals surface area contributed by atoms with Crippen molar-refractivity contribution in [3.8, 4) is 0 Å². The Labute approximate surface area is 184 Å². The van der Waals surface area contributed by atoms with E-state index in [2.05, 4.69) is 55.4 Å². The van der Waals surface area contributed by atoms with Crippen molar-refractivity contribution in [2.24, 2.45) is 28.1 Å². The second-order valence-electron chi connectivity index (χ2n) is 13.7. The fourth-order valence-corrected chi connectivity index (χ4v) is 13.8. The summed E-state index contributed by atoms with van der Waals surface area (Å²) in [4.78, 5) is 12.8. The molecule has 0 radical (unpaired) electrons. The monoisotopic (exact) mass is 436 g/mol. The first-order valence-corrected chi connectivity index (χ1v) is 13.9. The number of aliphatic hydroxyl groups is 1. The van der Waals surface area contributed by atoms with Gasteiger partial charge < -0.3 is 14.0 Å². The number of hydrogen-bond donors (Lipinski definition) is 1. The van der Waals surface area contributed by atoms with Gasteiger partial charge in [0.1, 0.15) is 5.78 Å². The van der Waals surface area contributed by atoms with Crippen LogP contribution in [0.25, 0.3) is 0 Å². The van der Waals surface area contributed by atoms with E-state index in [0.29, 0.717) is 25.4 Å². The molecule has 0 bridgehead atoms. The zero-order valence-electron chi connectivity index (χ0n) is 20.7. The van der Waals surface area contributed by atoms with Gasteiger partial charge in [0, 0.05) is 28.5 Å². The van der Waals surface area contributed by atoms with Crippen molar-refractivity contribution in [2.75, 3.05) is 6.61 Å². The van der Waals surface area contributed by atoms with E-state index < -0.39 is 20.1 Å². The van der Waals surface area contributed by atoms with Gasteiger partial charge >= 0.3 is 8.56 Å². The van der Waals surface area contributed by atoms with Gasteiger partial charge in [0.2, 0.25) is 0 Å². The van der Waals surface area contributed by atoms with Crippen LogP contribution in [0.15, 0.2) is 0 Å². The average molecular weight is 437 g/mol. The summed E-state index contributed by atoms with van der Waals surface area (Å²) in [6, 6.07) is 0. The highest BCUT2D eigenvalue weighted by molar-refractivity contribution is 6.73. The Kier molecular flexibility index (Phi) is 4.91. The number of carbonyl (C=O) groups is 1. The van der Waals surface area contributed by atoms with Crippen LogP contribution >= 0.6 is 0 Å². The number of carbonyl (C=O) groups excluding carboxylic acids is 1. The van der Waals surface area contributed by atoms with Crippen molar-refractivity contribution in [2.45, 2.75) is 117 Å². The predicted molar refractivity (Wildman–Crippen MR) is 121 cm³/mol. The Balaban J connectivity index is 1.72. The second kappa shape index (κ2) is 6.42. The normalized spacial score (nSPS) is 48.7. The number of Topliss-reactive ketones (excluding diaryl/α,β-unsaturated/α-hetero) is 1. The zero-order chi connectivity index (χ0) is 22.5. The molecule has 0 unspecified atom stereocenters. The molecule has 1 aliphatic heterocycles. The smallest absolute Gasteiger partial charge is 0.349 e. The van der Waals surface area contributed by atoms with E-state index in [4.69, 9.17) is 8.85 Å². The molecule has 0 aromatic rings. The molecular formula is C25H44O4Si. The maximum atomic E-state index is 12.8. The molecule has 5 heteroatoms. The summed E-state index contributed by atoms with van der Waals surface area (Å²) >= 11 is 0. The molecule has 30 heavy (non-hydrogen) atoms. The van der Waals surface area contributed by atoms with E-state index in [1.807, 2.05) is 6.92 Å².